The Morgan fingerprint density at radius 3 is 2.08 bits per heavy atom. The summed E-state index contributed by atoms with van der Waals surface area (Å²) in [5.41, 5.74) is 0.623. The third-order valence-electron chi connectivity index (χ3n) is 4.61. The highest BCUT2D eigenvalue weighted by molar-refractivity contribution is 8.93. The van der Waals surface area contributed by atoms with Gasteiger partial charge in [0, 0.05) is 6.07 Å². The van der Waals surface area contributed by atoms with E-state index in [1.165, 1.54) is 6.07 Å². The molecule has 26 heavy (non-hydrogen) atoms. The van der Waals surface area contributed by atoms with E-state index in [0.29, 0.717) is 11.3 Å². The SMILES string of the molecule is Br.CCC[N+](CCC)(CCC)Cc1ccc(-c2ccccc2[N+](=O)[O-])o1. The van der Waals surface area contributed by atoms with Crippen LogP contribution in [0.4, 0.5) is 5.69 Å². The molecule has 0 aliphatic rings. The summed E-state index contributed by atoms with van der Waals surface area (Å²) in [6.45, 7) is 10.9. The van der Waals surface area contributed by atoms with Crippen molar-refractivity contribution in [1.82, 2.24) is 0 Å². The van der Waals surface area contributed by atoms with Gasteiger partial charge in [0.05, 0.1) is 30.1 Å². The van der Waals surface area contributed by atoms with Gasteiger partial charge in [0.1, 0.15) is 12.3 Å². The Hall–Kier alpha value is -1.66. The molecule has 5 nitrogen and oxygen atoms in total. The first-order valence-corrected chi connectivity index (χ1v) is 9.22. The summed E-state index contributed by atoms with van der Waals surface area (Å²) in [5, 5.41) is 11.2. The van der Waals surface area contributed by atoms with Crippen molar-refractivity contribution < 1.29 is 13.8 Å². The number of rotatable bonds is 10. The zero-order valence-corrected chi connectivity index (χ0v) is 17.7. The molecular formula is C20H30BrN2O3+. The second-order valence-electron chi connectivity index (χ2n) is 6.71. The van der Waals surface area contributed by atoms with E-state index in [1.54, 1.807) is 18.2 Å². The van der Waals surface area contributed by atoms with Crippen molar-refractivity contribution in [2.75, 3.05) is 19.6 Å². The van der Waals surface area contributed by atoms with Crippen LogP contribution in [0.3, 0.4) is 0 Å². The highest BCUT2D eigenvalue weighted by Gasteiger charge is 2.27. The van der Waals surface area contributed by atoms with Gasteiger partial charge < -0.3 is 8.90 Å². The third-order valence-corrected chi connectivity index (χ3v) is 4.61. The van der Waals surface area contributed by atoms with E-state index in [0.717, 1.165) is 55.7 Å². The number of benzene rings is 1. The fourth-order valence-corrected chi connectivity index (χ4v) is 3.78. The number of halogens is 1. The van der Waals surface area contributed by atoms with Crippen LogP contribution in [0.15, 0.2) is 40.8 Å². The van der Waals surface area contributed by atoms with Crippen LogP contribution < -0.4 is 0 Å². The molecule has 0 spiro atoms. The molecule has 0 saturated carbocycles. The summed E-state index contributed by atoms with van der Waals surface area (Å²) in [4.78, 5) is 10.9. The summed E-state index contributed by atoms with van der Waals surface area (Å²) < 4.78 is 7.06. The maximum atomic E-state index is 11.2. The number of para-hydroxylation sites is 1. The minimum Gasteiger partial charge on any atom is -0.455 e. The standard InChI is InChI=1S/C20H29N2O3.BrH/c1-4-13-22(14-5-2,15-6-3)16-17-11-12-20(25-17)18-9-7-8-10-19(18)21(23)24;/h7-12H,4-6,13-16H2,1-3H3;1H/q+1;. The maximum Gasteiger partial charge on any atom is 0.280 e. The molecule has 1 aromatic carbocycles. The summed E-state index contributed by atoms with van der Waals surface area (Å²) in [6, 6.07) is 10.6. The molecular weight excluding hydrogens is 396 g/mol. The van der Waals surface area contributed by atoms with Gasteiger partial charge >= 0.3 is 0 Å². The van der Waals surface area contributed by atoms with Crippen molar-refractivity contribution in [3.05, 3.63) is 52.3 Å². The van der Waals surface area contributed by atoms with Crippen molar-refractivity contribution in [3.63, 3.8) is 0 Å². The zero-order chi connectivity index (χ0) is 18.3. The van der Waals surface area contributed by atoms with E-state index in [2.05, 4.69) is 20.8 Å². The summed E-state index contributed by atoms with van der Waals surface area (Å²) in [5.74, 6) is 1.48. The van der Waals surface area contributed by atoms with Gasteiger partial charge in [-0.2, -0.15) is 0 Å². The third kappa shape index (κ3) is 5.42. The molecule has 0 unspecified atom stereocenters. The second kappa shape index (κ2) is 10.5. The normalized spacial score (nSPS) is 11.2. The Bertz CT molecular complexity index is 683. The van der Waals surface area contributed by atoms with E-state index in [9.17, 15) is 10.1 Å². The van der Waals surface area contributed by atoms with Crippen molar-refractivity contribution in [1.29, 1.82) is 0 Å². The molecule has 2 aromatic rings. The first kappa shape index (κ1) is 22.4. The minimum absolute atomic E-state index is 0. The predicted molar refractivity (Wildman–Crippen MR) is 111 cm³/mol. The Balaban J connectivity index is 0.00000338. The lowest BCUT2D eigenvalue weighted by molar-refractivity contribution is -0.941. The number of quaternary nitrogens is 1. The summed E-state index contributed by atoms with van der Waals surface area (Å²) in [6.07, 6.45) is 3.41. The average molecular weight is 426 g/mol. The topological polar surface area (TPSA) is 56.3 Å². The van der Waals surface area contributed by atoms with Crippen molar-refractivity contribution in [3.8, 4) is 11.3 Å². The molecule has 144 valence electrons. The number of hydrogen-bond donors (Lipinski definition) is 0. The van der Waals surface area contributed by atoms with Crippen LogP contribution >= 0.6 is 17.0 Å². The van der Waals surface area contributed by atoms with Crippen LogP contribution in [0.2, 0.25) is 0 Å². The van der Waals surface area contributed by atoms with Crippen LogP contribution in [-0.2, 0) is 6.54 Å². The molecule has 0 saturated heterocycles. The van der Waals surface area contributed by atoms with Crippen LogP contribution in [0.1, 0.15) is 45.8 Å². The highest BCUT2D eigenvalue weighted by Crippen LogP contribution is 2.31. The molecule has 2 rings (SSSR count). The molecule has 0 N–H and O–H groups in total. The Labute approximate surface area is 166 Å². The molecule has 1 heterocycles. The van der Waals surface area contributed by atoms with Crippen molar-refractivity contribution >= 4 is 22.7 Å². The van der Waals surface area contributed by atoms with E-state index in [1.807, 2.05) is 12.1 Å². The largest absolute Gasteiger partial charge is 0.455 e. The van der Waals surface area contributed by atoms with E-state index in [-0.39, 0.29) is 27.6 Å². The van der Waals surface area contributed by atoms with Crippen molar-refractivity contribution in [2.24, 2.45) is 0 Å². The number of hydrogen-bond acceptors (Lipinski definition) is 3. The molecule has 1 aromatic heterocycles. The van der Waals surface area contributed by atoms with E-state index in [4.69, 9.17) is 4.42 Å². The Morgan fingerprint density at radius 1 is 0.962 bits per heavy atom. The fraction of sp³-hybridized carbons (Fsp3) is 0.500. The maximum absolute atomic E-state index is 11.2. The van der Waals surface area contributed by atoms with Gasteiger partial charge in [-0.3, -0.25) is 10.1 Å². The number of furan rings is 1. The first-order chi connectivity index (χ1) is 12.0. The van der Waals surface area contributed by atoms with Gasteiger partial charge in [0.25, 0.3) is 5.69 Å². The lowest BCUT2D eigenvalue weighted by Crippen LogP contribution is -2.48. The van der Waals surface area contributed by atoms with Crippen LogP contribution in [0.25, 0.3) is 11.3 Å². The molecule has 0 fully saturated rings. The van der Waals surface area contributed by atoms with Crippen molar-refractivity contribution in [2.45, 2.75) is 46.6 Å². The number of nitro benzene ring substituents is 1. The monoisotopic (exact) mass is 425 g/mol. The predicted octanol–water partition coefficient (Wildman–Crippen LogP) is 5.98. The van der Waals surface area contributed by atoms with E-state index >= 15 is 0 Å². The fourth-order valence-electron chi connectivity index (χ4n) is 3.78. The lowest BCUT2D eigenvalue weighted by Gasteiger charge is -2.37. The van der Waals surface area contributed by atoms with Crippen LogP contribution in [-0.4, -0.2) is 29.0 Å². The molecule has 6 heteroatoms. The summed E-state index contributed by atoms with van der Waals surface area (Å²) in [7, 11) is 0. The van der Waals surface area contributed by atoms with Gasteiger partial charge in [-0.05, 0) is 37.5 Å². The number of nitrogens with zero attached hydrogens (tertiary/aromatic N) is 2. The van der Waals surface area contributed by atoms with Gasteiger partial charge in [-0.15, -0.1) is 17.0 Å². The smallest absolute Gasteiger partial charge is 0.280 e. The molecule has 0 atom stereocenters. The van der Waals surface area contributed by atoms with Crippen LogP contribution in [0.5, 0.6) is 0 Å². The molecule has 0 aliphatic heterocycles. The Kier molecular flexibility index (Phi) is 9.02. The Morgan fingerprint density at radius 2 is 1.54 bits per heavy atom. The van der Waals surface area contributed by atoms with Gasteiger partial charge in [-0.25, -0.2) is 0 Å². The molecule has 0 amide bonds. The second-order valence-corrected chi connectivity index (χ2v) is 6.71. The average Bonchev–Trinajstić information content (AvgIpc) is 3.03. The molecule has 0 bridgehead atoms. The zero-order valence-electron chi connectivity index (χ0n) is 15.9. The number of nitro groups is 1. The lowest BCUT2D eigenvalue weighted by atomic mass is 10.1. The van der Waals surface area contributed by atoms with E-state index < -0.39 is 0 Å². The van der Waals surface area contributed by atoms with Gasteiger partial charge in [0.15, 0.2) is 5.76 Å². The first-order valence-electron chi connectivity index (χ1n) is 9.22. The molecule has 0 aliphatic carbocycles. The highest BCUT2D eigenvalue weighted by atomic mass is 79.9. The van der Waals surface area contributed by atoms with Gasteiger partial charge in [0.2, 0.25) is 0 Å². The summed E-state index contributed by atoms with van der Waals surface area (Å²) >= 11 is 0. The molecule has 0 radical (unpaired) electrons. The van der Waals surface area contributed by atoms with Crippen LogP contribution in [0, 0.1) is 10.1 Å². The minimum atomic E-state index is -0.358. The van der Waals surface area contributed by atoms with Gasteiger partial charge in [-0.1, -0.05) is 32.9 Å². The quantitative estimate of drug-likeness (QED) is 0.267.